The molecule has 0 spiro atoms. The molecule has 1 saturated heterocycles. The van der Waals surface area contributed by atoms with Crippen LogP contribution in [0.5, 0.6) is 5.88 Å². The van der Waals surface area contributed by atoms with Crippen molar-refractivity contribution >= 4 is 29.4 Å². The van der Waals surface area contributed by atoms with E-state index in [0.29, 0.717) is 25.3 Å². The van der Waals surface area contributed by atoms with E-state index in [1.54, 1.807) is 23.1 Å². The van der Waals surface area contributed by atoms with Crippen LogP contribution < -0.4 is 10.1 Å². The fraction of sp³-hybridized carbons (Fsp3) is 0.435. The monoisotopic (exact) mass is 463 g/mol. The molecule has 32 heavy (non-hydrogen) atoms. The average molecular weight is 464 g/mol. The van der Waals surface area contributed by atoms with Crippen molar-refractivity contribution in [1.82, 2.24) is 9.88 Å². The lowest BCUT2D eigenvalue weighted by atomic mass is 10.0. The van der Waals surface area contributed by atoms with Gasteiger partial charge in [-0.1, -0.05) is 17.7 Å². The first-order valence-corrected chi connectivity index (χ1v) is 10.8. The van der Waals surface area contributed by atoms with Gasteiger partial charge in [-0.05, 0) is 52.0 Å². The van der Waals surface area contributed by atoms with Crippen molar-refractivity contribution in [3.63, 3.8) is 0 Å². The second kappa shape index (κ2) is 9.73. The molecular weight excluding hydrogens is 437 g/mol. The number of pyridine rings is 1. The fourth-order valence-corrected chi connectivity index (χ4v) is 3.66. The molecule has 172 valence electrons. The lowest BCUT2D eigenvalue weighted by Gasteiger charge is -2.38. The summed E-state index contributed by atoms with van der Waals surface area (Å²) in [6.45, 7) is 7.99. The first-order valence-electron chi connectivity index (χ1n) is 10.4. The summed E-state index contributed by atoms with van der Waals surface area (Å²) in [4.78, 5) is 30.9. The molecule has 1 fully saturated rings. The van der Waals surface area contributed by atoms with Gasteiger partial charge in [0.15, 0.2) is 0 Å². The number of piperidine rings is 1. The Morgan fingerprint density at radius 3 is 2.66 bits per heavy atom. The largest absolute Gasteiger partial charge is 0.474 e. The van der Waals surface area contributed by atoms with Crippen LogP contribution in [-0.2, 0) is 4.74 Å². The smallest absolute Gasteiger partial charge is 0.410 e. The number of carbonyl (C=O) groups excluding carboxylic acids is 2. The SMILES string of the molecule is CC1CC(Oc2cccc(NC(=O)c3ccc(F)cc3Cl)n2)CCN1C(=O)OC(C)(C)C. The van der Waals surface area contributed by atoms with Gasteiger partial charge in [-0.15, -0.1) is 0 Å². The van der Waals surface area contributed by atoms with Gasteiger partial charge in [-0.25, -0.2) is 9.18 Å². The van der Waals surface area contributed by atoms with Crippen LogP contribution in [-0.4, -0.2) is 46.2 Å². The summed E-state index contributed by atoms with van der Waals surface area (Å²) in [6, 6.07) is 8.54. The summed E-state index contributed by atoms with van der Waals surface area (Å²) < 4.78 is 24.7. The Hall–Kier alpha value is -2.87. The van der Waals surface area contributed by atoms with Crippen molar-refractivity contribution in [2.24, 2.45) is 0 Å². The maximum Gasteiger partial charge on any atom is 0.410 e. The van der Waals surface area contributed by atoms with E-state index in [0.717, 1.165) is 6.07 Å². The predicted molar refractivity (Wildman–Crippen MR) is 120 cm³/mol. The predicted octanol–water partition coefficient (Wildman–Crippen LogP) is 5.29. The molecule has 7 nitrogen and oxygen atoms in total. The van der Waals surface area contributed by atoms with Gasteiger partial charge in [-0.3, -0.25) is 4.79 Å². The first kappa shape index (κ1) is 23.8. The number of rotatable bonds is 4. The second-order valence-corrected chi connectivity index (χ2v) is 9.13. The van der Waals surface area contributed by atoms with E-state index in [9.17, 15) is 14.0 Å². The normalized spacial score (nSPS) is 18.8. The molecule has 3 rings (SSSR count). The number of halogens is 2. The summed E-state index contributed by atoms with van der Waals surface area (Å²) in [5.41, 5.74) is -0.401. The number of hydrogen-bond acceptors (Lipinski definition) is 5. The number of hydrogen-bond donors (Lipinski definition) is 1. The molecule has 1 aromatic carbocycles. The molecule has 1 N–H and O–H groups in total. The Morgan fingerprint density at radius 2 is 2.00 bits per heavy atom. The van der Waals surface area contributed by atoms with Crippen LogP contribution in [0.2, 0.25) is 5.02 Å². The average Bonchev–Trinajstić information content (AvgIpc) is 2.66. The highest BCUT2D eigenvalue weighted by Gasteiger charge is 2.32. The van der Waals surface area contributed by atoms with Crippen molar-refractivity contribution in [3.05, 3.63) is 52.8 Å². The summed E-state index contributed by atoms with van der Waals surface area (Å²) in [7, 11) is 0. The molecule has 0 radical (unpaired) electrons. The summed E-state index contributed by atoms with van der Waals surface area (Å²) in [6.07, 6.45) is 0.801. The highest BCUT2D eigenvalue weighted by molar-refractivity contribution is 6.34. The Bertz CT molecular complexity index is 995. The minimum atomic E-state index is -0.545. The summed E-state index contributed by atoms with van der Waals surface area (Å²) in [5, 5.41) is 2.66. The lowest BCUT2D eigenvalue weighted by Crippen LogP contribution is -2.49. The van der Waals surface area contributed by atoms with Gasteiger partial charge in [0, 0.05) is 31.5 Å². The zero-order valence-electron chi connectivity index (χ0n) is 18.5. The van der Waals surface area contributed by atoms with Crippen LogP contribution in [0, 0.1) is 5.82 Å². The van der Waals surface area contributed by atoms with Crippen LogP contribution in [0.25, 0.3) is 0 Å². The minimum absolute atomic E-state index is 0.0145. The topological polar surface area (TPSA) is 80.8 Å². The molecule has 1 aromatic heterocycles. The van der Waals surface area contributed by atoms with Crippen molar-refractivity contribution in [2.75, 3.05) is 11.9 Å². The van der Waals surface area contributed by atoms with E-state index in [-0.39, 0.29) is 34.6 Å². The lowest BCUT2D eigenvalue weighted by molar-refractivity contribution is -0.00149. The molecule has 2 amide bonds. The standard InChI is InChI=1S/C23H27ClFN3O4/c1-14-12-16(10-11-28(14)22(30)32-23(2,3)4)31-20-7-5-6-19(26-20)27-21(29)17-9-8-15(25)13-18(17)24/h5-9,13-14,16H,10-12H2,1-4H3,(H,26,27,29). The maximum absolute atomic E-state index is 13.2. The quantitative estimate of drug-likeness (QED) is 0.666. The van der Waals surface area contributed by atoms with E-state index in [2.05, 4.69) is 10.3 Å². The van der Waals surface area contributed by atoms with Crippen LogP contribution in [0.1, 0.15) is 50.9 Å². The van der Waals surface area contributed by atoms with E-state index in [1.165, 1.54) is 12.1 Å². The van der Waals surface area contributed by atoms with E-state index < -0.39 is 17.3 Å². The van der Waals surface area contributed by atoms with Gasteiger partial charge in [0.2, 0.25) is 5.88 Å². The number of carbonyl (C=O) groups is 2. The van der Waals surface area contributed by atoms with Crippen LogP contribution >= 0.6 is 11.6 Å². The maximum atomic E-state index is 13.2. The molecule has 0 saturated carbocycles. The third-order valence-corrected chi connectivity index (χ3v) is 5.20. The molecule has 1 aliphatic heterocycles. The van der Waals surface area contributed by atoms with E-state index in [4.69, 9.17) is 21.1 Å². The number of benzene rings is 1. The van der Waals surface area contributed by atoms with Crippen molar-refractivity contribution < 1.29 is 23.5 Å². The minimum Gasteiger partial charge on any atom is -0.474 e. The van der Waals surface area contributed by atoms with E-state index in [1.807, 2.05) is 27.7 Å². The number of likely N-dealkylation sites (tertiary alicyclic amines) is 1. The third-order valence-electron chi connectivity index (χ3n) is 4.88. The highest BCUT2D eigenvalue weighted by atomic mass is 35.5. The number of ether oxygens (including phenoxy) is 2. The molecule has 2 unspecified atom stereocenters. The van der Waals surface area contributed by atoms with Gasteiger partial charge in [-0.2, -0.15) is 4.98 Å². The van der Waals surface area contributed by atoms with Crippen LogP contribution in [0.3, 0.4) is 0 Å². The van der Waals surface area contributed by atoms with Gasteiger partial charge in [0.05, 0.1) is 10.6 Å². The fourth-order valence-electron chi connectivity index (χ4n) is 3.41. The van der Waals surface area contributed by atoms with Gasteiger partial charge >= 0.3 is 6.09 Å². The number of anilines is 1. The number of aromatic nitrogens is 1. The summed E-state index contributed by atoms with van der Waals surface area (Å²) in [5.74, 6) is -0.381. The van der Waals surface area contributed by atoms with E-state index >= 15 is 0 Å². The first-order chi connectivity index (χ1) is 15.0. The molecule has 0 bridgehead atoms. The van der Waals surface area contributed by atoms with Crippen LogP contribution in [0.15, 0.2) is 36.4 Å². The number of nitrogens with one attached hydrogen (secondary N) is 1. The Balaban J connectivity index is 1.59. The summed E-state index contributed by atoms with van der Waals surface area (Å²) >= 11 is 5.95. The Labute approximate surface area is 191 Å². The molecule has 1 aliphatic rings. The van der Waals surface area contributed by atoms with Gasteiger partial charge < -0.3 is 19.7 Å². The Morgan fingerprint density at radius 1 is 1.25 bits per heavy atom. The zero-order chi connectivity index (χ0) is 23.5. The number of amides is 2. The van der Waals surface area contributed by atoms with Crippen molar-refractivity contribution in [1.29, 1.82) is 0 Å². The molecule has 2 heterocycles. The number of nitrogens with zero attached hydrogens (tertiary/aromatic N) is 2. The van der Waals surface area contributed by atoms with Crippen molar-refractivity contribution in [3.8, 4) is 5.88 Å². The van der Waals surface area contributed by atoms with Gasteiger partial charge in [0.25, 0.3) is 5.91 Å². The molecule has 2 atom stereocenters. The second-order valence-electron chi connectivity index (χ2n) is 8.73. The zero-order valence-corrected chi connectivity index (χ0v) is 19.3. The molecule has 0 aliphatic carbocycles. The molecular formula is C23H27ClFN3O4. The third kappa shape index (κ3) is 6.32. The van der Waals surface area contributed by atoms with Crippen molar-refractivity contribution in [2.45, 2.75) is 58.3 Å². The Kier molecular flexibility index (Phi) is 7.23. The highest BCUT2D eigenvalue weighted by Crippen LogP contribution is 2.25. The van der Waals surface area contributed by atoms with Gasteiger partial charge in [0.1, 0.15) is 23.3 Å². The molecule has 9 heteroatoms. The molecule has 2 aromatic rings. The van der Waals surface area contributed by atoms with Crippen LogP contribution in [0.4, 0.5) is 15.0 Å².